The molecule has 2 aromatic rings. The lowest BCUT2D eigenvalue weighted by Crippen LogP contribution is -2.49. The van der Waals surface area contributed by atoms with Crippen molar-refractivity contribution in [2.24, 2.45) is 17.3 Å². The lowest BCUT2D eigenvalue weighted by atomic mass is 9.81. The van der Waals surface area contributed by atoms with Gasteiger partial charge in [-0.1, -0.05) is 68.3 Å². The summed E-state index contributed by atoms with van der Waals surface area (Å²) in [5.41, 5.74) is 3.59. The van der Waals surface area contributed by atoms with Gasteiger partial charge in [-0.05, 0) is 47.4 Å². The van der Waals surface area contributed by atoms with E-state index >= 15 is 0 Å². The number of hydrogen-bond acceptors (Lipinski definition) is 4. The minimum atomic E-state index is -0.983. The number of fused-ring (bicyclic) bond motifs is 3. The normalized spacial score (nSPS) is 23.9. The molecule has 0 radical (unpaired) electrons. The van der Waals surface area contributed by atoms with Gasteiger partial charge in [-0.2, -0.15) is 0 Å². The molecule has 3 atom stereocenters. The van der Waals surface area contributed by atoms with Gasteiger partial charge in [0.25, 0.3) is 0 Å². The molecule has 0 spiro atoms. The summed E-state index contributed by atoms with van der Waals surface area (Å²) in [5.74, 6) is -0.934. The minimum Gasteiger partial charge on any atom is -0.481 e. The number of hydrogen-bond donors (Lipinski definition) is 2. The van der Waals surface area contributed by atoms with Crippen LogP contribution in [-0.2, 0) is 14.3 Å². The number of benzene rings is 2. The summed E-state index contributed by atoms with van der Waals surface area (Å²) in [6, 6.07) is 15.6. The Labute approximate surface area is 205 Å². The predicted octanol–water partition coefficient (Wildman–Crippen LogP) is 4.26. The number of aliphatic carboxylic acids is 1. The quantitative estimate of drug-likeness (QED) is 0.622. The number of nitrogens with one attached hydrogen (secondary N) is 1. The highest BCUT2D eigenvalue weighted by Gasteiger charge is 2.49. The third kappa shape index (κ3) is 4.40. The third-order valence-corrected chi connectivity index (χ3v) is 8.10. The van der Waals surface area contributed by atoms with Crippen LogP contribution in [0.15, 0.2) is 48.5 Å². The van der Waals surface area contributed by atoms with Crippen LogP contribution in [0, 0.1) is 17.3 Å². The van der Waals surface area contributed by atoms with Gasteiger partial charge in [0.1, 0.15) is 12.6 Å². The number of carbonyl (C=O) groups excluding carboxylic acids is 2. The molecular weight excluding hydrogens is 444 g/mol. The Morgan fingerprint density at radius 2 is 1.69 bits per heavy atom. The Kier molecular flexibility index (Phi) is 6.03. The number of carboxylic acids is 1. The van der Waals surface area contributed by atoms with Crippen LogP contribution in [0.1, 0.15) is 50.2 Å². The van der Waals surface area contributed by atoms with Gasteiger partial charge < -0.3 is 20.1 Å². The predicted molar refractivity (Wildman–Crippen MR) is 131 cm³/mol. The van der Waals surface area contributed by atoms with Gasteiger partial charge in [-0.15, -0.1) is 0 Å². The number of carboxylic acid groups (broad SMARTS) is 1. The van der Waals surface area contributed by atoms with Gasteiger partial charge in [0.05, 0.1) is 5.41 Å². The fraction of sp³-hybridized carbons (Fsp3) is 0.464. The van der Waals surface area contributed by atoms with Crippen molar-refractivity contribution in [3.05, 3.63) is 59.7 Å². The minimum absolute atomic E-state index is 0.0542. The first-order valence-electron chi connectivity index (χ1n) is 12.4. The van der Waals surface area contributed by atoms with Crippen LogP contribution in [-0.4, -0.2) is 53.7 Å². The van der Waals surface area contributed by atoms with Crippen LogP contribution in [0.3, 0.4) is 0 Å². The maximum absolute atomic E-state index is 13.4. The van der Waals surface area contributed by atoms with E-state index in [-0.39, 0.29) is 30.9 Å². The van der Waals surface area contributed by atoms with E-state index in [1.807, 2.05) is 31.2 Å². The SMILES string of the molecule is C[C@@H]1CN(C(=O)C(CC2CC2)NC(=O)OCC2c3ccccc3-c3ccccc32)C[C@@]1(C)C(=O)O. The van der Waals surface area contributed by atoms with Crippen LogP contribution in [0.5, 0.6) is 0 Å². The molecule has 1 unspecified atom stereocenters. The molecule has 1 aliphatic heterocycles. The number of likely N-dealkylation sites (tertiary alicyclic amines) is 1. The first-order valence-corrected chi connectivity index (χ1v) is 12.4. The molecule has 35 heavy (non-hydrogen) atoms. The van der Waals surface area contributed by atoms with E-state index in [1.54, 1.807) is 11.8 Å². The maximum atomic E-state index is 13.4. The number of carbonyl (C=O) groups is 3. The zero-order valence-electron chi connectivity index (χ0n) is 20.2. The molecule has 3 aliphatic rings. The smallest absolute Gasteiger partial charge is 0.407 e. The molecule has 2 amide bonds. The molecule has 2 N–H and O–H groups in total. The zero-order chi connectivity index (χ0) is 24.7. The summed E-state index contributed by atoms with van der Waals surface area (Å²) in [6.07, 6.45) is 2.02. The fourth-order valence-corrected chi connectivity index (χ4v) is 5.51. The van der Waals surface area contributed by atoms with Gasteiger partial charge in [0.15, 0.2) is 0 Å². The molecule has 7 nitrogen and oxygen atoms in total. The van der Waals surface area contributed by atoms with Gasteiger partial charge in [-0.25, -0.2) is 4.79 Å². The lowest BCUT2D eigenvalue weighted by molar-refractivity contribution is -0.149. The summed E-state index contributed by atoms with van der Waals surface area (Å²) >= 11 is 0. The number of rotatable bonds is 7. The third-order valence-electron chi connectivity index (χ3n) is 8.10. The van der Waals surface area contributed by atoms with E-state index in [4.69, 9.17) is 4.74 Å². The van der Waals surface area contributed by atoms with Crippen LogP contribution in [0.2, 0.25) is 0 Å². The summed E-state index contributed by atoms with van der Waals surface area (Å²) in [5, 5.41) is 12.5. The second-order valence-corrected chi connectivity index (χ2v) is 10.5. The van der Waals surface area contributed by atoms with Crippen LogP contribution in [0.4, 0.5) is 4.79 Å². The van der Waals surface area contributed by atoms with Crippen LogP contribution >= 0.6 is 0 Å². The van der Waals surface area contributed by atoms with Crippen LogP contribution < -0.4 is 5.32 Å². The van der Waals surface area contributed by atoms with E-state index in [2.05, 4.69) is 29.6 Å². The number of nitrogens with zero attached hydrogens (tertiary/aromatic N) is 1. The average Bonchev–Trinajstić information content (AvgIpc) is 3.53. The fourth-order valence-electron chi connectivity index (χ4n) is 5.51. The molecule has 1 saturated carbocycles. The van der Waals surface area contributed by atoms with Gasteiger partial charge in [0, 0.05) is 19.0 Å². The van der Waals surface area contributed by atoms with E-state index in [0.29, 0.717) is 18.9 Å². The van der Waals surface area contributed by atoms with Crippen LogP contribution in [0.25, 0.3) is 11.1 Å². The molecule has 1 heterocycles. The Balaban J connectivity index is 1.26. The summed E-state index contributed by atoms with van der Waals surface area (Å²) < 4.78 is 5.67. The van der Waals surface area contributed by atoms with E-state index in [1.165, 1.54) is 0 Å². The van der Waals surface area contributed by atoms with Crippen molar-refractivity contribution in [3.63, 3.8) is 0 Å². The monoisotopic (exact) mass is 476 g/mol. The Hall–Kier alpha value is -3.35. The molecule has 0 bridgehead atoms. The van der Waals surface area contributed by atoms with Crippen molar-refractivity contribution in [1.29, 1.82) is 0 Å². The van der Waals surface area contributed by atoms with Gasteiger partial charge >= 0.3 is 12.1 Å². The molecular formula is C28H32N2O5. The average molecular weight is 477 g/mol. The maximum Gasteiger partial charge on any atom is 0.407 e. The molecule has 2 aromatic carbocycles. The largest absolute Gasteiger partial charge is 0.481 e. The van der Waals surface area contributed by atoms with Crippen molar-refractivity contribution in [2.45, 2.75) is 45.1 Å². The molecule has 1 saturated heterocycles. The lowest BCUT2D eigenvalue weighted by Gasteiger charge is -2.26. The summed E-state index contributed by atoms with van der Waals surface area (Å²) in [7, 11) is 0. The van der Waals surface area contributed by atoms with Gasteiger partial charge in [0.2, 0.25) is 5.91 Å². The zero-order valence-corrected chi connectivity index (χ0v) is 20.2. The second kappa shape index (κ2) is 9.02. The first-order chi connectivity index (χ1) is 16.8. The molecule has 5 rings (SSSR count). The Morgan fingerprint density at radius 1 is 1.09 bits per heavy atom. The van der Waals surface area contributed by atoms with Crippen molar-refractivity contribution in [1.82, 2.24) is 10.2 Å². The summed E-state index contributed by atoms with van der Waals surface area (Å²) in [4.78, 5) is 39.6. The van der Waals surface area contributed by atoms with E-state index < -0.39 is 23.5 Å². The molecule has 7 heteroatoms. The second-order valence-electron chi connectivity index (χ2n) is 10.5. The number of ether oxygens (including phenoxy) is 1. The standard InChI is InChI=1S/C28H32N2O5/c1-17-14-30(16-28(17,2)26(32)33)25(31)24(13-18-11-12-18)29-27(34)35-15-23-21-9-5-3-7-19(21)20-8-4-6-10-22(20)23/h3-10,17-18,23-24H,11-16H2,1-2H3,(H,29,34)(H,32,33)/t17-,24?,28-/m1/s1. The molecule has 2 fully saturated rings. The number of amides is 2. The Bertz CT molecular complexity index is 1110. The number of alkyl carbamates (subject to hydrolysis) is 1. The highest BCUT2D eigenvalue weighted by Crippen LogP contribution is 2.44. The first kappa shape index (κ1) is 23.4. The van der Waals surface area contributed by atoms with Crippen molar-refractivity contribution < 1.29 is 24.2 Å². The Morgan fingerprint density at radius 3 is 2.23 bits per heavy atom. The van der Waals surface area contributed by atoms with E-state index in [9.17, 15) is 19.5 Å². The highest BCUT2D eigenvalue weighted by molar-refractivity contribution is 5.87. The van der Waals surface area contributed by atoms with Crippen molar-refractivity contribution in [3.8, 4) is 11.1 Å². The molecule has 0 aromatic heterocycles. The topological polar surface area (TPSA) is 95.9 Å². The van der Waals surface area contributed by atoms with Gasteiger partial charge in [-0.3, -0.25) is 9.59 Å². The van der Waals surface area contributed by atoms with Crippen molar-refractivity contribution in [2.75, 3.05) is 19.7 Å². The van der Waals surface area contributed by atoms with Crippen molar-refractivity contribution >= 4 is 18.0 Å². The molecule has 184 valence electrons. The highest BCUT2D eigenvalue weighted by atomic mass is 16.5. The van der Waals surface area contributed by atoms with E-state index in [0.717, 1.165) is 35.1 Å². The summed E-state index contributed by atoms with van der Waals surface area (Å²) in [6.45, 7) is 4.24. The molecule has 2 aliphatic carbocycles.